The molecule has 1 aliphatic rings. The second-order valence-electron chi connectivity index (χ2n) is 10.9. The molecule has 0 unspecified atom stereocenters. The molecule has 12 nitrogen and oxygen atoms in total. The Morgan fingerprint density at radius 2 is 1.89 bits per heavy atom. The van der Waals surface area contributed by atoms with Crippen molar-refractivity contribution in [2.75, 3.05) is 24.5 Å². The highest BCUT2D eigenvalue weighted by atomic mass is 19.3. The van der Waals surface area contributed by atoms with Crippen molar-refractivity contribution in [1.82, 2.24) is 34.4 Å². The van der Waals surface area contributed by atoms with E-state index in [-0.39, 0.29) is 36.4 Å². The molecule has 0 spiro atoms. The maximum Gasteiger partial charge on any atom is 0.387 e. The number of fused-ring (bicyclic) bond motifs is 1. The van der Waals surface area contributed by atoms with Gasteiger partial charge in [-0.25, -0.2) is 15.1 Å². The van der Waals surface area contributed by atoms with E-state index in [1.165, 1.54) is 10.7 Å². The number of hydrogen-bond donors (Lipinski definition) is 1. The average Bonchev–Trinajstić information content (AvgIpc) is 3.63. The Balaban J connectivity index is 1.29. The van der Waals surface area contributed by atoms with Gasteiger partial charge in [-0.05, 0) is 42.3 Å². The number of nitrogens with one attached hydrogen (secondary N) is 1. The minimum absolute atomic E-state index is 0.00295. The number of alkyl halides is 2. The number of H-pyrrole nitrogens is 1. The summed E-state index contributed by atoms with van der Waals surface area (Å²) < 4.78 is 40.3. The Morgan fingerprint density at radius 1 is 1.09 bits per heavy atom. The summed E-state index contributed by atoms with van der Waals surface area (Å²) in [4.78, 5) is 38.1. The van der Waals surface area contributed by atoms with E-state index in [0.29, 0.717) is 47.9 Å². The smallest absolute Gasteiger partial charge is 0.387 e. The first-order chi connectivity index (χ1) is 21.7. The molecule has 0 saturated carbocycles. The van der Waals surface area contributed by atoms with Crippen LogP contribution in [0.1, 0.15) is 25.0 Å². The summed E-state index contributed by atoms with van der Waals surface area (Å²) in [7, 11) is 1.63. The van der Waals surface area contributed by atoms with Crippen LogP contribution in [0.4, 0.5) is 14.7 Å². The molecule has 3 aromatic heterocycles. The standard InChI is InChI=1S/C31H32F2N8O4/c1-19-16-39(10-11-40(19)20(2)42)31-34-14-24(15-35-31)22-5-6-25-26(13-22)41(38(3)29(25)43)17-23-12-21(4-7-27(23)45-30(32)33)18-44-28-8-9-36-37-28/h4-9,12-15,19,30H,10-11,16-18H2,1-3H3,(H,36,37)/t19-/m1/s1. The molecule has 45 heavy (non-hydrogen) atoms. The van der Waals surface area contributed by atoms with Crippen LogP contribution in [0.5, 0.6) is 11.6 Å². The Bertz CT molecular complexity index is 1870. The van der Waals surface area contributed by atoms with Crippen LogP contribution in [0.25, 0.3) is 22.0 Å². The van der Waals surface area contributed by atoms with Crippen molar-refractivity contribution in [2.45, 2.75) is 39.7 Å². The van der Waals surface area contributed by atoms with Crippen molar-refractivity contribution in [3.8, 4) is 22.8 Å². The van der Waals surface area contributed by atoms with E-state index in [0.717, 1.165) is 16.7 Å². The Kier molecular flexibility index (Phi) is 8.20. The van der Waals surface area contributed by atoms with Crippen molar-refractivity contribution >= 4 is 22.8 Å². The second-order valence-corrected chi connectivity index (χ2v) is 10.9. The molecule has 0 bridgehead atoms. The van der Waals surface area contributed by atoms with Crippen LogP contribution in [-0.2, 0) is 25.0 Å². The number of ether oxygens (including phenoxy) is 2. The molecule has 5 aromatic rings. The predicted octanol–water partition coefficient (Wildman–Crippen LogP) is 3.81. The molecule has 1 amide bonds. The minimum Gasteiger partial charge on any atom is -0.473 e. The van der Waals surface area contributed by atoms with E-state index in [1.807, 2.05) is 24.0 Å². The third-order valence-electron chi connectivity index (χ3n) is 7.98. The number of benzene rings is 2. The van der Waals surface area contributed by atoms with Gasteiger partial charge in [-0.2, -0.15) is 13.9 Å². The van der Waals surface area contributed by atoms with Crippen LogP contribution < -0.4 is 19.9 Å². The molecular formula is C31H32F2N8O4. The van der Waals surface area contributed by atoms with E-state index in [1.54, 1.807) is 61.5 Å². The first-order valence-electron chi connectivity index (χ1n) is 14.4. The fourth-order valence-corrected chi connectivity index (χ4v) is 5.69. The molecule has 0 radical (unpaired) electrons. The maximum atomic E-state index is 13.3. The number of aromatic nitrogens is 6. The number of carbonyl (C=O) groups excluding carboxylic acids is 1. The molecule has 2 aromatic carbocycles. The van der Waals surface area contributed by atoms with E-state index < -0.39 is 6.61 Å². The Hall–Kier alpha value is -5.27. The van der Waals surface area contributed by atoms with Gasteiger partial charge in [-0.15, -0.1) is 0 Å². The zero-order valence-electron chi connectivity index (χ0n) is 25.0. The SMILES string of the molecule is CC(=O)N1CCN(c2ncc(-c3ccc4c(=O)n(C)n(Cc5cc(COc6ccn[nH]6)ccc5OC(F)F)c4c3)cn2)C[C@H]1C. The van der Waals surface area contributed by atoms with Gasteiger partial charge in [0.2, 0.25) is 17.7 Å². The number of piperazine rings is 1. The summed E-state index contributed by atoms with van der Waals surface area (Å²) in [6.45, 7) is 2.69. The summed E-state index contributed by atoms with van der Waals surface area (Å²) in [6.07, 6.45) is 5.02. The number of rotatable bonds is 9. The minimum atomic E-state index is -3.02. The van der Waals surface area contributed by atoms with Crippen molar-refractivity contribution in [1.29, 1.82) is 0 Å². The lowest BCUT2D eigenvalue weighted by molar-refractivity contribution is -0.131. The number of carbonyl (C=O) groups is 1. The molecule has 1 saturated heterocycles. The van der Waals surface area contributed by atoms with Crippen LogP contribution in [0.15, 0.2) is 65.8 Å². The van der Waals surface area contributed by atoms with Gasteiger partial charge in [-0.1, -0.05) is 12.1 Å². The highest BCUT2D eigenvalue weighted by Gasteiger charge is 2.26. The van der Waals surface area contributed by atoms with Crippen LogP contribution in [-0.4, -0.2) is 72.6 Å². The fourth-order valence-electron chi connectivity index (χ4n) is 5.69. The van der Waals surface area contributed by atoms with Crippen LogP contribution in [0, 0.1) is 0 Å². The zero-order valence-corrected chi connectivity index (χ0v) is 25.0. The molecule has 1 N–H and O–H groups in total. The number of anilines is 1. The quantitative estimate of drug-likeness (QED) is 0.265. The number of amides is 1. The molecule has 4 heterocycles. The van der Waals surface area contributed by atoms with E-state index in [4.69, 9.17) is 9.47 Å². The van der Waals surface area contributed by atoms with E-state index >= 15 is 0 Å². The summed E-state index contributed by atoms with van der Waals surface area (Å²) in [6, 6.07) is 12.0. The molecule has 0 aliphatic carbocycles. The van der Waals surface area contributed by atoms with Gasteiger partial charge >= 0.3 is 6.61 Å². The Labute approximate surface area is 256 Å². The van der Waals surface area contributed by atoms with Crippen LogP contribution in [0.2, 0.25) is 0 Å². The largest absolute Gasteiger partial charge is 0.473 e. The van der Waals surface area contributed by atoms with Crippen molar-refractivity contribution < 1.29 is 23.0 Å². The lowest BCUT2D eigenvalue weighted by Gasteiger charge is -2.39. The second kappa shape index (κ2) is 12.4. The van der Waals surface area contributed by atoms with Crippen molar-refractivity contribution in [3.63, 3.8) is 0 Å². The van der Waals surface area contributed by atoms with Gasteiger partial charge in [0.15, 0.2) is 0 Å². The number of aromatic amines is 1. The van der Waals surface area contributed by atoms with E-state index in [9.17, 15) is 18.4 Å². The van der Waals surface area contributed by atoms with Gasteiger partial charge < -0.3 is 19.3 Å². The summed E-state index contributed by atoms with van der Waals surface area (Å²) in [5.74, 6) is 1.11. The monoisotopic (exact) mass is 618 g/mol. The number of halogens is 2. The lowest BCUT2D eigenvalue weighted by Crippen LogP contribution is -2.53. The number of nitrogens with zero attached hydrogens (tertiary/aromatic N) is 7. The highest BCUT2D eigenvalue weighted by molar-refractivity contribution is 5.84. The summed E-state index contributed by atoms with van der Waals surface area (Å²) in [5.41, 5.74) is 3.09. The van der Waals surface area contributed by atoms with Gasteiger partial charge in [0.05, 0.1) is 23.6 Å². The first kappa shape index (κ1) is 29.8. The van der Waals surface area contributed by atoms with Crippen LogP contribution in [0.3, 0.4) is 0 Å². The molecule has 6 rings (SSSR count). The third kappa shape index (κ3) is 6.21. The third-order valence-corrected chi connectivity index (χ3v) is 7.98. The molecule has 14 heteroatoms. The van der Waals surface area contributed by atoms with Crippen molar-refractivity contribution in [3.05, 3.63) is 82.5 Å². The Morgan fingerprint density at radius 3 is 2.58 bits per heavy atom. The molecule has 1 atom stereocenters. The molecule has 1 fully saturated rings. The summed E-state index contributed by atoms with van der Waals surface area (Å²) >= 11 is 0. The molecular weight excluding hydrogens is 586 g/mol. The molecule has 1 aliphatic heterocycles. The normalized spacial score (nSPS) is 15.2. The zero-order chi connectivity index (χ0) is 31.7. The van der Waals surface area contributed by atoms with Gasteiger partial charge in [0.25, 0.3) is 5.56 Å². The topological polar surface area (TPSA) is 123 Å². The fraction of sp³-hybridized carbons (Fsp3) is 0.323. The van der Waals surface area contributed by atoms with Gasteiger partial charge in [-0.3, -0.25) is 19.0 Å². The highest BCUT2D eigenvalue weighted by Crippen LogP contribution is 2.28. The molecule has 234 valence electrons. The maximum absolute atomic E-state index is 13.3. The predicted molar refractivity (Wildman–Crippen MR) is 162 cm³/mol. The van der Waals surface area contributed by atoms with Gasteiger partial charge in [0, 0.05) is 69.2 Å². The first-order valence-corrected chi connectivity index (χ1v) is 14.4. The van der Waals surface area contributed by atoms with Crippen LogP contribution >= 0.6 is 0 Å². The lowest BCUT2D eigenvalue weighted by atomic mass is 10.1. The number of hydrogen-bond acceptors (Lipinski definition) is 8. The van der Waals surface area contributed by atoms with Crippen molar-refractivity contribution in [2.24, 2.45) is 7.05 Å². The average molecular weight is 619 g/mol. The van der Waals surface area contributed by atoms with Gasteiger partial charge in [0.1, 0.15) is 12.4 Å². The van der Waals surface area contributed by atoms with E-state index in [2.05, 4.69) is 25.1 Å². The summed E-state index contributed by atoms with van der Waals surface area (Å²) in [5, 5.41) is 7.04.